The molecule has 1 atom stereocenters. The molecular formula is C23H27FN4O3. The molecule has 0 radical (unpaired) electrons. The van der Waals surface area contributed by atoms with Crippen molar-refractivity contribution in [3.63, 3.8) is 0 Å². The van der Waals surface area contributed by atoms with Crippen LogP contribution in [-0.2, 0) is 4.79 Å². The predicted octanol–water partition coefficient (Wildman–Crippen LogP) is 3.56. The van der Waals surface area contributed by atoms with Crippen LogP contribution in [0.25, 0.3) is 0 Å². The number of benzene rings is 2. The molecule has 3 rings (SSSR count). The highest BCUT2D eigenvalue weighted by Crippen LogP contribution is 2.33. The van der Waals surface area contributed by atoms with Gasteiger partial charge < -0.3 is 15.0 Å². The molecular weight excluding hydrogens is 399 g/mol. The first-order chi connectivity index (χ1) is 14.9. The molecule has 164 valence electrons. The third-order valence-corrected chi connectivity index (χ3v) is 5.07. The number of urea groups is 1. The fraction of sp³-hybridized carbons (Fsp3) is 0.348. The minimum Gasteiger partial charge on any atom is -0.497 e. The van der Waals surface area contributed by atoms with E-state index in [9.17, 15) is 14.0 Å². The van der Waals surface area contributed by atoms with Crippen molar-refractivity contribution in [3.05, 3.63) is 65.5 Å². The highest BCUT2D eigenvalue weighted by molar-refractivity contribution is 6.03. The van der Waals surface area contributed by atoms with Crippen LogP contribution in [0.3, 0.4) is 0 Å². The predicted molar refractivity (Wildman–Crippen MR) is 116 cm³/mol. The van der Waals surface area contributed by atoms with E-state index in [4.69, 9.17) is 4.74 Å². The monoisotopic (exact) mass is 426 g/mol. The maximum absolute atomic E-state index is 13.4. The van der Waals surface area contributed by atoms with Gasteiger partial charge >= 0.3 is 6.03 Å². The Labute approximate surface area is 181 Å². The second kappa shape index (κ2) is 10.1. The standard InChI is InChI=1S/C23H27FN4O3/c1-4-12-25-23(30)27(2)15-22(29)28-21(16-8-10-18(24)11-9-16)14-20(26-28)17-6-5-7-19(13-17)31-3/h5-11,13,21H,4,12,14-15H2,1-3H3,(H,25,30). The van der Waals surface area contributed by atoms with E-state index >= 15 is 0 Å². The maximum Gasteiger partial charge on any atom is 0.317 e. The van der Waals surface area contributed by atoms with Gasteiger partial charge in [-0.3, -0.25) is 4.79 Å². The molecule has 0 saturated heterocycles. The molecule has 3 amide bonds. The van der Waals surface area contributed by atoms with Crippen LogP contribution in [0, 0.1) is 5.82 Å². The summed E-state index contributed by atoms with van der Waals surface area (Å²) in [6.45, 7) is 2.37. The summed E-state index contributed by atoms with van der Waals surface area (Å²) in [6.07, 6.45) is 1.27. The lowest BCUT2D eigenvalue weighted by Crippen LogP contribution is -2.43. The van der Waals surface area contributed by atoms with Crippen molar-refractivity contribution in [2.24, 2.45) is 5.10 Å². The number of rotatable bonds is 7. The number of nitrogens with zero attached hydrogens (tertiary/aromatic N) is 3. The van der Waals surface area contributed by atoms with Crippen molar-refractivity contribution in [1.29, 1.82) is 0 Å². The van der Waals surface area contributed by atoms with Gasteiger partial charge in [0.1, 0.15) is 18.1 Å². The summed E-state index contributed by atoms with van der Waals surface area (Å²) in [4.78, 5) is 26.6. The number of likely N-dealkylation sites (N-methyl/N-ethyl adjacent to an activating group) is 1. The molecule has 8 heteroatoms. The lowest BCUT2D eigenvalue weighted by Gasteiger charge is -2.25. The average molecular weight is 426 g/mol. The van der Waals surface area contributed by atoms with Crippen LogP contribution in [0.15, 0.2) is 53.6 Å². The molecule has 2 aromatic carbocycles. The van der Waals surface area contributed by atoms with Crippen LogP contribution in [-0.4, -0.2) is 54.8 Å². The van der Waals surface area contributed by atoms with Crippen LogP contribution in [0.2, 0.25) is 0 Å². The Hall–Kier alpha value is -3.42. The van der Waals surface area contributed by atoms with Gasteiger partial charge in [-0.2, -0.15) is 5.10 Å². The molecule has 1 aliphatic heterocycles. The molecule has 2 aromatic rings. The summed E-state index contributed by atoms with van der Waals surface area (Å²) in [5.41, 5.74) is 2.34. The third kappa shape index (κ3) is 5.39. The summed E-state index contributed by atoms with van der Waals surface area (Å²) in [5, 5.41) is 8.72. The highest BCUT2D eigenvalue weighted by Gasteiger charge is 2.34. The maximum atomic E-state index is 13.4. The number of hydrogen-bond acceptors (Lipinski definition) is 4. The Morgan fingerprint density at radius 3 is 2.68 bits per heavy atom. The van der Waals surface area contributed by atoms with Crippen molar-refractivity contribution in [3.8, 4) is 5.75 Å². The van der Waals surface area contributed by atoms with Crippen LogP contribution < -0.4 is 10.1 Å². The van der Waals surface area contributed by atoms with E-state index in [0.717, 1.165) is 23.3 Å². The second-order valence-electron chi connectivity index (χ2n) is 7.38. The van der Waals surface area contributed by atoms with Gasteiger partial charge in [-0.15, -0.1) is 0 Å². The first-order valence-electron chi connectivity index (χ1n) is 10.2. The van der Waals surface area contributed by atoms with Gasteiger partial charge in [0.25, 0.3) is 5.91 Å². The molecule has 31 heavy (non-hydrogen) atoms. The molecule has 0 saturated carbocycles. The summed E-state index contributed by atoms with van der Waals surface area (Å²) in [5.74, 6) is 0.0258. The van der Waals surface area contributed by atoms with E-state index in [-0.39, 0.29) is 30.3 Å². The van der Waals surface area contributed by atoms with Gasteiger partial charge in [-0.25, -0.2) is 14.2 Å². The first-order valence-corrected chi connectivity index (χ1v) is 10.2. The minimum atomic E-state index is -0.388. The van der Waals surface area contributed by atoms with Crippen LogP contribution in [0.1, 0.15) is 36.9 Å². The second-order valence-corrected chi connectivity index (χ2v) is 7.38. The Kier molecular flexibility index (Phi) is 7.23. The zero-order valence-electron chi connectivity index (χ0n) is 18.0. The number of amides is 3. The van der Waals surface area contributed by atoms with E-state index in [2.05, 4.69) is 10.4 Å². The zero-order valence-corrected chi connectivity index (χ0v) is 18.0. The summed E-state index contributed by atoms with van der Waals surface area (Å²) in [7, 11) is 3.16. The summed E-state index contributed by atoms with van der Waals surface area (Å²) < 4.78 is 18.7. The highest BCUT2D eigenvalue weighted by atomic mass is 19.1. The van der Waals surface area contributed by atoms with Gasteiger partial charge in [0.15, 0.2) is 0 Å². The normalized spacial score (nSPS) is 15.4. The Balaban J connectivity index is 1.85. The van der Waals surface area contributed by atoms with Crippen molar-refractivity contribution >= 4 is 17.6 Å². The van der Waals surface area contributed by atoms with Crippen molar-refractivity contribution in [1.82, 2.24) is 15.2 Å². The largest absolute Gasteiger partial charge is 0.497 e. The molecule has 0 aromatic heterocycles. The Morgan fingerprint density at radius 1 is 1.26 bits per heavy atom. The van der Waals surface area contributed by atoms with Crippen molar-refractivity contribution in [2.45, 2.75) is 25.8 Å². The third-order valence-electron chi connectivity index (χ3n) is 5.07. The molecule has 0 bridgehead atoms. The van der Waals surface area contributed by atoms with Gasteiger partial charge in [0, 0.05) is 25.6 Å². The SMILES string of the molecule is CCCNC(=O)N(C)CC(=O)N1N=C(c2cccc(OC)c2)CC1c1ccc(F)cc1. The van der Waals surface area contributed by atoms with Crippen molar-refractivity contribution in [2.75, 3.05) is 27.2 Å². The molecule has 0 aliphatic carbocycles. The number of carbonyl (C=O) groups is 2. The average Bonchev–Trinajstić information content (AvgIpc) is 3.23. The molecule has 1 heterocycles. The fourth-order valence-electron chi connectivity index (χ4n) is 3.38. The summed E-state index contributed by atoms with van der Waals surface area (Å²) in [6, 6.07) is 12.8. The van der Waals surface area contributed by atoms with E-state index in [0.29, 0.717) is 18.7 Å². The Bertz CT molecular complexity index is 962. The van der Waals surface area contributed by atoms with E-state index < -0.39 is 0 Å². The molecule has 0 spiro atoms. The number of carbonyl (C=O) groups excluding carboxylic acids is 2. The number of ether oxygens (including phenoxy) is 1. The van der Waals surface area contributed by atoms with Crippen LogP contribution in [0.5, 0.6) is 5.75 Å². The molecule has 0 fully saturated rings. The molecule has 1 unspecified atom stereocenters. The number of halogens is 1. The topological polar surface area (TPSA) is 74.2 Å². The van der Waals surface area contributed by atoms with Gasteiger partial charge in [0.2, 0.25) is 0 Å². The van der Waals surface area contributed by atoms with E-state index in [1.54, 1.807) is 26.3 Å². The van der Waals surface area contributed by atoms with Crippen LogP contribution in [0.4, 0.5) is 9.18 Å². The van der Waals surface area contributed by atoms with Gasteiger partial charge in [0.05, 0.1) is 18.9 Å². The van der Waals surface area contributed by atoms with E-state index in [1.807, 2.05) is 31.2 Å². The zero-order chi connectivity index (χ0) is 22.4. The van der Waals surface area contributed by atoms with Crippen molar-refractivity contribution < 1.29 is 18.7 Å². The number of methoxy groups -OCH3 is 1. The van der Waals surface area contributed by atoms with Crippen LogP contribution >= 0.6 is 0 Å². The van der Waals surface area contributed by atoms with Gasteiger partial charge in [-0.05, 0) is 36.2 Å². The molecule has 7 nitrogen and oxygen atoms in total. The number of nitrogens with one attached hydrogen (secondary N) is 1. The Morgan fingerprint density at radius 2 is 2.00 bits per heavy atom. The lowest BCUT2D eigenvalue weighted by atomic mass is 9.98. The molecule has 1 aliphatic rings. The minimum absolute atomic E-state index is 0.123. The number of hydrogen-bond donors (Lipinski definition) is 1. The quantitative estimate of drug-likeness (QED) is 0.736. The lowest BCUT2D eigenvalue weighted by molar-refractivity contribution is -0.133. The summed E-state index contributed by atoms with van der Waals surface area (Å²) >= 11 is 0. The molecule has 1 N–H and O–H groups in total. The van der Waals surface area contributed by atoms with E-state index in [1.165, 1.54) is 22.0 Å². The smallest absolute Gasteiger partial charge is 0.317 e. The fourth-order valence-corrected chi connectivity index (χ4v) is 3.38. The number of hydrazone groups is 1. The first kappa shape index (κ1) is 22.3. The van der Waals surface area contributed by atoms with Gasteiger partial charge in [-0.1, -0.05) is 31.2 Å².